The fourth-order valence-corrected chi connectivity index (χ4v) is 3.73. The van der Waals surface area contributed by atoms with Crippen molar-refractivity contribution in [2.45, 2.75) is 31.7 Å². The van der Waals surface area contributed by atoms with Crippen LogP contribution in [-0.4, -0.2) is 44.3 Å². The van der Waals surface area contributed by atoms with Gasteiger partial charge in [-0.15, -0.1) is 0 Å². The second kappa shape index (κ2) is 9.03. The van der Waals surface area contributed by atoms with E-state index in [0.29, 0.717) is 17.5 Å². The summed E-state index contributed by atoms with van der Waals surface area (Å²) >= 11 is 0.685. The molecule has 0 bridgehead atoms. The number of nitrogens with zero attached hydrogens (tertiary/aromatic N) is 4. The normalized spacial score (nSPS) is 15.3. The summed E-state index contributed by atoms with van der Waals surface area (Å²) in [4.78, 5) is 60.5. The molecule has 0 amide bonds. The summed E-state index contributed by atoms with van der Waals surface area (Å²) in [7, 11) is -0.379. The second-order valence-corrected chi connectivity index (χ2v) is 7.07. The van der Waals surface area contributed by atoms with Gasteiger partial charge >= 0.3 is 4.87 Å². The summed E-state index contributed by atoms with van der Waals surface area (Å²) in [5.41, 5.74) is 5.04. The average Bonchev–Trinajstić information content (AvgIpc) is 2.93. The van der Waals surface area contributed by atoms with Gasteiger partial charge in [-0.3, -0.25) is 19.1 Å². The molecule has 0 aromatic carbocycles. The lowest BCUT2D eigenvalue weighted by atomic mass is 10.1. The van der Waals surface area contributed by atoms with E-state index >= 15 is 0 Å². The highest BCUT2D eigenvalue weighted by molar-refractivity contribution is 7.31. The molecule has 2 rings (SSSR count). The molecule has 0 spiro atoms. The topological polar surface area (TPSA) is 182 Å². The van der Waals surface area contributed by atoms with Crippen LogP contribution < -0.4 is 16.2 Å². The van der Waals surface area contributed by atoms with Gasteiger partial charge in [0.25, 0.3) is 5.56 Å². The van der Waals surface area contributed by atoms with Crippen molar-refractivity contribution in [2.24, 2.45) is 10.4 Å². The Bertz CT molecular complexity index is 896. The lowest BCUT2D eigenvalue weighted by molar-refractivity contribution is -0.0526. The minimum absolute atomic E-state index is 0.0562. The van der Waals surface area contributed by atoms with Crippen molar-refractivity contribution in [1.29, 1.82) is 0 Å². The number of nitrogen functional groups attached to an aromatic ring is 1. The summed E-state index contributed by atoms with van der Waals surface area (Å²) in [6, 6.07) is -1.06. The van der Waals surface area contributed by atoms with Crippen LogP contribution in [0.1, 0.15) is 19.6 Å². The van der Waals surface area contributed by atoms with E-state index in [0.717, 1.165) is 4.57 Å². The van der Waals surface area contributed by atoms with E-state index in [2.05, 4.69) is 20.3 Å². The van der Waals surface area contributed by atoms with Crippen molar-refractivity contribution in [2.75, 3.05) is 18.4 Å². The maximum atomic E-state index is 12.3. The standard InChI is InChI=1S/C12H17N6O6PS/c1-5(24-7(2-3-25-23)6(17-22)4-14-21)18-9-8(26-12(18)20)10(19)16-11(13)15-9/h5-7,23,25H,2-4H2,1H3,(H3,13,15,16,19). The molecule has 4 atom stereocenters. The monoisotopic (exact) mass is 404 g/mol. The first-order chi connectivity index (χ1) is 12.4. The first-order valence-corrected chi connectivity index (χ1v) is 9.44. The van der Waals surface area contributed by atoms with Gasteiger partial charge in [0.1, 0.15) is 23.5 Å². The van der Waals surface area contributed by atoms with Crippen LogP contribution in [0.5, 0.6) is 0 Å². The third-order valence-corrected chi connectivity index (χ3v) is 5.05. The Morgan fingerprint density at radius 2 is 2.19 bits per heavy atom. The Labute approximate surface area is 151 Å². The van der Waals surface area contributed by atoms with Crippen molar-refractivity contribution in [1.82, 2.24) is 14.5 Å². The van der Waals surface area contributed by atoms with Gasteiger partial charge in [-0.05, 0) is 19.5 Å². The van der Waals surface area contributed by atoms with Crippen molar-refractivity contribution < 1.29 is 9.63 Å². The van der Waals surface area contributed by atoms with Crippen LogP contribution in [0.4, 0.5) is 5.95 Å². The highest BCUT2D eigenvalue weighted by Crippen LogP contribution is 2.22. The molecule has 142 valence electrons. The molecule has 0 saturated heterocycles. The molecule has 0 saturated carbocycles. The first kappa shape index (κ1) is 20.2. The minimum Gasteiger partial charge on any atom is -0.377 e. The van der Waals surface area contributed by atoms with E-state index in [9.17, 15) is 19.4 Å². The maximum Gasteiger partial charge on any atom is 0.311 e. The Morgan fingerprint density at radius 3 is 2.81 bits per heavy atom. The largest absolute Gasteiger partial charge is 0.377 e. The van der Waals surface area contributed by atoms with Crippen molar-refractivity contribution in [3.8, 4) is 0 Å². The number of aromatic amines is 1. The van der Waals surface area contributed by atoms with E-state index in [1.54, 1.807) is 0 Å². The van der Waals surface area contributed by atoms with Gasteiger partial charge < -0.3 is 15.4 Å². The number of nitrogens with two attached hydrogens (primary N) is 1. The Hall–Kier alpha value is -2.08. The molecule has 26 heavy (non-hydrogen) atoms. The highest BCUT2D eigenvalue weighted by Gasteiger charge is 2.28. The van der Waals surface area contributed by atoms with E-state index in [4.69, 9.17) is 15.4 Å². The molecule has 0 aliphatic carbocycles. The van der Waals surface area contributed by atoms with Crippen LogP contribution >= 0.6 is 20.1 Å². The summed E-state index contributed by atoms with van der Waals surface area (Å²) in [6.07, 6.45) is -1.21. The SMILES string of the molecule is CC(OC(CCPO)C(CN=O)N=O)n1c(=O)sc2c(=O)[nH]c(N)nc21. The lowest BCUT2D eigenvalue weighted by Crippen LogP contribution is -2.34. The molecular weight excluding hydrogens is 387 g/mol. The maximum absolute atomic E-state index is 12.3. The number of nitrogens with one attached hydrogen (secondary N) is 1. The predicted octanol–water partition coefficient (Wildman–Crippen LogP) is 0.509. The molecule has 0 radical (unpaired) electrons. The van der Waals surface area contributed by atoms with Gasteiger partial charge in [0.15, 0.2) is 5.65 Å². The second-order valence-electron chi connectivity index (χ2n) is 5.30. The van der Waals surface area contributed by atoms with Crippen LogP contribution in [0, 0.1) is 9.81 Å². The Kier molecular flexibility index (Phi) is 7.03. The molecule has 4 N–H and O–H groups in total. The van der Waals surface area contributed by atoms with Crippen molar-refractivity contribution in [3.63, 3.8) is 0 Å². The van der Waals surface area contributed by atoms with Crippen LogP contribution in [0.25, 0.3) is 10.3 Å². The smallest absolute Gasteiger partial charge is 0.311 e. The van der Waals surface area contributed by atoms with Crippen LogP contribution in [0.15, 0.2) is 19.9 Å². The van der Waals surface area contributed by atoms with Crippen LogP contribution in [0.2, 0.25) is 0 Å². The summed E-state index contributed by atoms with van der Waals surface area (Å²) in [6.45, 7) is 1.14. The number of thiazole rings is 1. The van der Waals surface area contributed by atoms with Gasteiger partial charge in [0.2, 0.25) is 5.95 Å². The number of hydrogen-bond donors (Lipinski definition) is 3. The van der Waals surface area contributed by atoms with E-state index < -0.39 is 28.8 Å². The van der Waals surface area contributed by atoms with Gasteiger partial charge in [-0.1, -0.05) is 21.7 Å². The number of nitroso groups, excluding NO2 is 2. The molecule has 2 heterocycles. The average molecular weight is 404 g/mol. The zero-order chi connectivity index (χ0) is 19.3. The number of ether oxygens (including phenoxy) is 1. The fourth-order valence-electron chi connectivity index (χ4n) is 2.43. The van der Waals surface area contributed by atoms with Gasteiger partial charge in [0.05, 0.1) is 6.10 Å². The number of anilines is 1. The molecule has 14 heteroatoms. The molecule has 2 aromatic rings. The zero-order valence-corrected chi connectivity index (χ0v) is 15.4. The number of rotatable bonds is 10. The van der Waals surface area contributed by atoms with Crippen molar-refractivity contribution >= 4 is 36.4 Å². The molecule has 2 aromatic heterocycles. The number of hydrogen-bond acceptors (Lipinski definition) is 11. The summed E-state index contributed by atoms with van der Waals surface area (Å²) < 4.78 is 6.97. The molecule has 0 aliphatic heterocycles. The summed E-state index contributed by atoms with van der Waals surface area (Å²) in [5, 5.41) is 5.53. The number of aromatic nitrogens is 3. The van der Waals surface area contributed by atoms with Gasteiger partial charge in [-0.2, -0.15) is 14.8 Å². The molecule has 12 nitrogen and oxygen atoms in total. The van der Waals surface area contributed by atoms with Crippen LogP contribution in [0.3, 0.4) is 0 Å². The predicted molar refractivity (Wildman–Crippen MR) is 98.8 cm³/mol. The van der Waals surface area contributed by atoms with E-state index in [1.807, 2.05) is 0 Å². The third-order valence-electron chi connectivity index (χ3n) is 3.59. The van der Waals surface area contributed by atoms with Crippen LogP contribution in [-0.2, 0) is 4.74 Å². The van der Waals surface area contributed by atoms with Crippen molar-refractivity contribution in [3.05, 3.63) is 29.8 Å². The highest BCUT2D eigenvalue weighted by atomic mass is 32.1. The molecular formula is C12H17N6O6PS. The van der Waals surface area contributed by atoms with E-state index in [1.165, 1.54) is 6.92 Å². The fraction of sp³-hybridized carbons (Fsp3) is 0.583. The quantitative estimate of drug-likeness (QED) is 0.378. The third kappa shape index (κ3) is 4.36. The van der Waals surface area contributed by atoms with E-state index in [-0.39, 0.29) is 38.1 Å². The molecule has 0 fully saturated rings. The molecule has 0 aliphatic rings. The molecule has 4 unspecified atom stereocenters. The Balaban J connectivity index is 2.38. The zero-order valence-electron chi connectivity index (χ0n) is 13.6. The first-order valence-electron chi connectivity index (χ1n) is 7.47. The Morgan fingerprint density at radius 1 is 1.46 bits per heavy atom. The lowest BCUT2D eigenvalue weighted by Gasteiger charge is -2.25. The summed E-state index contributed by atoms with van der Waals surface area (Å²) in [5.74, 6) is -0.156. The number of fused-ring (bicyclic) bond motifs is 1. The number of H-pyrrole nitrogens is 1. The van der Waals surface area contributed by atoms with Gasteiger partial charge in [-0.25, -0.2) is 0 Å². The minimum atomic E-state index is -1.06. The van der Waals surface area contributed by atoms with Gasteiger partial charge in [0, 0.05) is 8.81 Å².